The summed E-state index contributed by atoms with van der Waals surface area (Å²) in [7, 11) is 0. The van der Waals surface area contributed by atoms with Crippen molar-refractivity contribution < 1.29 is 0 Å². The Balaban J connectivity index is 2.35. The Morgan fingerprint density at radius 1 is 1.17 bits per heavy atom. The summed E-state index contributed by atoms with van der Waals surface area (Å²) in [5, 5.41) is 3.59. The Hall–Kier alpha value is 0.270. The first kappa shape index (κ1) is 16.3. The lowest BCUT2D eigenvalue weighted by atomic mass is 10.00. The van der Waals surface area contributed by atoms with E-state index in [2.05, 4.69) is 63.5 Å². The van der Waals surface area contributed by atoms with Crippen molar-refractivity contribution in [1.82, 2.24) is 10.2 Å². The number of thioether (sulfide) groups is 1. The average molecular weight is 273 g/mol. The van der Waals surface area contributed by atoms with Gasteiger partial charge >= 0.3 is 0 Å². The lowest BCUT2D eigenvalue weighted by Gasteiger charge is -2.42. The predicted octanol–water partition coefficient (Wildman–Crippen LogP) is 3.08. The maximum Gasteiger partial charge on any atom is 0.0231 e. The average Bonchev–Trinajstić information content (AvgIpc) is 2.26. The van der Waals surface area contributed by atoms with Gasteiger partial charge in [-0.1, -0.05) is 20.8 Å². The largest absolute Gasteiger partial charge is 0.316 e. The zero-order valence-electron chi connectivity index (χ0n) is 13.1. The van der Waals surface area contributed by atoms with Crippen LogP contribution in [-0.4, -0.2) is 47.6 Å². The van der Waals surface area contributed by atoms with Crippen LogP contribution in [0.2, 0.25) is 0 Å². The lowest BCUT2D eigenvalue weighted by Crippen LogP contribution is -2.50. The SMILES string of the molecule is CC(C)CNCC(C)C(C)N1CCSC(C)(C)C1. The monoisotopic (exact) mass is 272 g/mol. The van der Waals surface area contributed by atoms with Gasteiger partial charge in [-0.05, 0) is 45.7 Å². The van der Waals surface area contributed by atoms with E-state index in [1.165, 1.54) is 18.8 Å². The van der Waals surface area contributed by atoms with Crippen molar-refractivity contribution in [3.8, 4) is 0 Å². The van der Waals surface area contributed by atoms with Gasteiger partial charge in [0.05, 0.1) is 0 Å². The van der Waals surface area contributed by atoms with Crippen LogP contribution in [0.4, 0.5) is 0 Å². The van der Waals surface area contributed by atoms with Gasteiger partial charge in [-0.15, -0.1) is 0 Å². The molecule has 1 aliphatic heterocycles. The summed E-state index contributed by atoms with van der Waals surface area (Å²) in [6, 6.07) is 0.685. The lowest BCUT2D eigenvalue weighted by molar-refractivity contribution is 0.152. The smallest absolute Gasteiger partial charge is 0.0231 e. The maximum atomic E-state index is 3.59. The molecule has 2 unspecified atom stereocenters. The van der Waals surface area contributed by atoms with E-state index in [1.54, 1.807) is 0 Å². The minimum absolute atomic E-state index is 0.428. The van der Waals surface area contributed by atoms with E-state index in [4.69, 9.17) is 0 Å². The fourth-order valence-corrected chi connectivity index (χ4v) is 3.67. The first-order chi connectivity index (χ1) is 8.32. The van der Waals surface area contributed by atoms with Crippen LogP contribution in [0.5, 0.6) is 0 Å². The minimum Gasteiger partial charge on any atom is -0.316 e. The number of rotatable bonds is 6. The molecule has 0 aromatic rings. The summed E-state index contributed by atoms with van der Waals surface area (Å²) in [6.07, 6.45) is 0. The van der Waals surface area contributed by atoms with Crippen LogP contribution in [0, 0.1) is 11.8 Å². The molecule has 1 saturated heterocycles. The second-order valence-corrected chi connectivity index (χ2v) is 8.65. The highest BCUT2D eigenvalue weighted by molar-refractivity contribution is 8.00. The van der Waals surface area contributed by atoms with Gasteiger partial charge in [-0.3, -0.25) is 4.90 Å². The van der Waals surface area contributed by atoms with Crippen molar-refractivity contribution in [2.75, 3.05) is 31.9 Å². The molecule has 108 valence electrons. The van der Waals surface area contributed by atoms with E-state index in [0.717, 1.165) is 24.9 Å². The van der Waals surface area contributed by atoms with E-state index in [-0.39, 0.29) is 0 Å². The van der Waals surface area contributed by atoms with Gasteiger partial charge < -0.3 is 5.32 Å². The topological polar surface area (TPSA) is 15.3 Å². The van der Waals surface area contributed by atoms with E-state index in [9.17, 15) is 0 Å². The Kier molecular flexibility index (Phi) is 6.49. The number of nitrogens with one attached hydrogen (secondary N) is 1. The highest BCUT2D eigenvalue weighted by Gasteiger charge is 2.31. The molecule has 3 heteroatoms. The normalized spacial score (nSPS) is 24.2. The molecule has 1 fully saturated rings. The highest BCUT2D eigenvalue weighted by Crippen LogP contribution is 2.31. The van der Waals surface area contributed by atoms with E-state index in [0.29, 0.717) is 10.8 Å². The third-order valence-electron chi connectivity index (χ3n) is 3.87. The molecule has 18 heavy (non-hydrogen) atoms. The first-order valence-electron chi connectivity index (χ1n) is 7.40. The fraction of sp³-hybridized carbons (Fsp3) is 1.00. The van der Waals surface area contributed by atoms with Crippen molar-refractivity contribution in [2.45, 2.75) is 52.3 Å². The molecular weight excluding hydrogens is 240 g/mol. The minimum atomic E-state index is 0.428. The van der Waals surface area contributed by atoms with Gasteiger partial charge in [-0.25, -0.2) is 0 Å². The third kappa shape index (κ3) is 5.50. The molecule has 1 N–H and O–H groups in total. The standard InChI is InChI=1S/C15H32N2S/c1-12(2)9-16-10-13(3)14(4)17-7-8-18-15(5,6)11-17/h12-14,16H,7-11H2,1-6H3. The molecule has 1 aliphatic rings. The second kappa shape index (κ2) is 7.16. The van der Waals surface area contributed by atoms with E-state index >= 15 is 0 Å². The van der Waals surface area contributed by atoms with Crippen LogP contribution < -0.4 is 5.32 Å². The Morgan fingerprint density at radius 2 is 1.83 bits per heavy atom. The van der Waals surface area contributed by atoms with Gasteiger partial charge in [0.25, 0.3) is 0 Å². The molecule has 1 rings (SSSR count). The maximum absolute atomic E-state index is 3.59. The van der Waals surface area contributed by atoms with Crippen LogP contribution in [0.1, 0.15) is 41.5 Å². The molecule has 0 aromatic heterocycles. The van der Waals surface area contributed by atoms with Gasteiger partial charge in [0, 0.05) is 29.6 Å². The van der Waals surface area contributed by atoms with Crippen molar-refractivity contribution in [3.05, 3.63) is 0 Å². The highest BCUT2D eigenvalue weighted by atomic mass is 32.2. The summed E-state index contributed by atoms with van der Waals surface area (Å²) in [6.45, 7) is 18.8. The zero-order valence-corrected chi connectivity index (χ0v) is 13.9. The van der Waals surface area contributed by atoms with Gasteiger partial charge in [-0.2, -0.15) is 11.8 Å². The molecule has 0 aliphatic carbocycles. The molecule has 0 spiro atoms. The van der Waals surface area contributed by atoms with Gasteiger partial charge in [0.2, 0.25) is 0 Å². The summed E-state index contributed by atoms with van der Waals surface area (Å²) < 4.78 is 0.428. The van der Waals surface area contributed by atoms with Crippen molar-refractivity contribution in [1.29, 1.82) is 0 Å². The quantitative estimate of drug-likeness (QED) is 0.800. The predicted molar refractivity (Wildman–Crippen MR) is 84.4 cm³/mol. The number of hydrogen-bond donors (Lipinski definition) is 1. The summed E-state index contributed by atoms with van der Waals surface area (Å²) in [4.78, 5) is 2.68. The number of nitrogens with zero attached hydrogens (tertiary/aromatic N) is 1. The van der Waals surface area contributed by atoms with Crippen molar-refractivity contribution >= 4 is 11.8 Å². The molecule has 0 amide bonds. The Labute approximate surface area is 118 Å². The van der Waals surface area contributed by atoms with Crippen LogP contribution >= 0.6 is 11.8 Å². The van der Waals surface area contributed by atoms with Crippen LogP contribution in [-0.2, 0) is 0 Å². The van der Waals surface area contributed by atoms with Crippen LogP contribution in [0.15, 0.2) is 0 Å². The molecule has 2 nitrogen and oxygen atoms in total. The zero-order chi connectivity index (χ0) is 13.8. The molecule has 1 heterocycles. The molecule has 2 atom stereocenters. The molecule has 0 bridgehead atoms. The van der Waals surface area contributed by atoms with Crippen molar-refractivity contribution in [3.63, 3.8) is 0 Å². The summed E-state index contributed by atoms with van der Waals surface area (Å²) in [5.74, 6) is 2.75. The Morgan fingerprint density at radius 3 is 2.39 bits per heavy atom. The molecule has 0 aromatic carbocycles. The van der Waals surface area contributed by atoms with E-state index < -0.39 is 0 Å². The fourth-order valence-electron chi connectivity index (χ4n) is 2.53. The molecule has 0 radical (unpaired) electrons. The van der Waals surface area contributed by atoms with E-state index in [1.807, 2.05) is 0 Å². The number of hydrogen-bond acceptors (Lipinski definition) is 3. The second-order valence-electron chi connectivity index (χ2n) is 6.85. The molecular formula is C15H32N2S. The van der Waals surface area contributed by atoms with Crippen molar-refractivity contribution in [2.24, 2.45) is 11.8 Å². The first-order valence-corrected chi connectivity index (χ1v) is 8.39. The summed E-state index contributed by atoms with van der Waals surface area (Å²) in [5.41, 5.74) is 0. The van der Waals surface area contributed by atoms with Gasteiger partial charge in [0.1, 0.15) is 0 Å². The van der Waals surface area contributed by atoms with Crippen LogP contribution in [0.3, 0.4) is 0 Å². The van der Waals surface area contributed by atoms with Crippen LogP contribution in [0.25, 0.3) is 0 Å². The third-order valence-corrected chi connectivity index (χ3v) is 5.17. The van der Waals surface area contributed by atoms with Gasteiger partial charge in [0.15, 0.2) is 0 Å². The molecule has 0 saturated carbocycles. The Bertz CT molecular complexity index is 241. The summed E-state index contributed by atoms with van der Waals surface area (Å²) >= 11 is 2.12.